The lowest BCUT2D eigenvalue weighted by Crippen LogP contribution is -2.10. The van der Waals surface area contributed by atoms with Gasteiger partial charge in [-0.05, 0) is 24.6 Å². The first-order valence-corrected chi connectivity index (χ1v) is 5.02. The molecular formula is C12H18O3. The minimum atomic E-state index is -0.505. The lowest BCUT2D eigenvalue weighted by atomic mass is 10.0. The van der Waals surface area contributed by atoms with E-state index in [1.54, 1.807) is 14.2 Å². The van der Waals surface area contributed by atoms with Crippen molar-refractivity contribution in [1.29, 1.82) is 0 Å². The van der Waals surface area contributed by atoms with Gasteiger partial charge in [-0.15, -0.1) is 0 Å². The molecule has 3 nitrogen and oxygen atoms in total. The third kappa shape index (κ3) is 3.53. The summed E-state index contributed by atoms with van der Waals surface area (Å²) in [7, 11) is 3.26. The summed E-state index contributed by atoms with van der Waals surface area (Å²) in [5, 5.41) is 9.91. The molecule has 0 bridgehead atoms. The molecule has 0 radical (unpaired) electrons. The van der Waals surface area contributed by atoms with Crippen LogP contribution in [0, 0.1) is 0 Å². The first-order chi connectivity index (χ1) is 7.17. The van der Waals surface area contributed by atoms with E-state index in [4.69, 9.17) is 9.47 Å². The number of benzene rings is 1. The zero-order valence-electron chi connectivity index (χ0n) is 9.43. The summed E-state index contributed by atoms with van der Waals surface area (Å²) in [6, 6.07) is 7.45. The third-order valence-electron chi connectivity index (χ3n) is 2.44. The first-order valence-electron chi connectivity index (χ1n) is 5.02. The molecule has 0 fully saturated rings. The number of aliphatic hydroxyl groups excluding tert-OH is 1. The molecular weight excluding hydrogens is 192 g/mol. The van der Waals surface area contributed by atoms with Crippen molar-refractivity contribution < 1.29 is 14.6 Å². The van der Waals surface area contributed by atoms with Gasteiger partial charge in [-0.1, -0.05) is 12.1 Å². The average Bonchev–Trinajstić information content (AvgIpc) is 2.28. The van der Waals surface area contributed by atoms with E-state index in [9.17, 15) is 5.11 Å². The first kappa shape index (κ1) is 12.0. The van der Waals surface area contributed by atoms with Gasteiger partial charge in [0.15, 0.2) is 0 Å². The monoisotopic (exact) mass is 210 g/mol. The lowest BCUT2D eigenvalue weighted by Gasteiger charge is -2.16. The fourth-order valence-corrected chi connectivity index (χ4v) is 1.40. The predicted molar refractivity (Wildman–Crippen MR) is 59.0 cm³/mol. The molecule has 2 atom stereocenters. The summed E-state index contributed by atoms with van der Waals surface area (Å²) in [5.41, 5.74) is 0.859. The van der Waals surface area contributed by atoms with E-state index >= 15 is 0 Å². The fraction of sp³-hybridized carbons (Fsp3) is 0.500. The normalized spacial score (nSPS) is 14.7. The van der Waals surface area contributed by atoms with Gasteiger partial charge in [0.25, 0.3) is 0 Å². The Bertz CT molecular complexity index is 299. The van der Waals surface area contributed by atoms with E-state index < -0.39 is 6.10 Å². The highest BCUT2D eigenvalue weighted by Crippen LogP contribution is 2.22. The molecule has 0 aromatic heterocycles. The van der Waals surface area contributed by atoms with Crippen molar-refractivity contribution in [3.63, 3.8) is 0 Å². The molecule has 1 N–H and O–H groups in total. The quantitative estimate of drug-likeness (QED) is 0.809. The van der Waals surface area contributed by atoms with Crippen molar-refractivity contribution in [3.05, 3.63) is 29.8 Å². The van der Waals surface area contributed by atoms with Gasteiger partial charge in [-0.2, -0.15) is 0 Å². The van der Waals surface area contributed by atoms with E-state index in [-0.39, 0.29) is 6.10 Å². The Morgan fingerprint density at radius 3 is 2.67 bits per heavy atom. The largest absolute Gasteiger partial charge is 0.497 e. The minimum Gasteiger partial charge on any atom is -0.497 e. The molecule has 15 heavy (non-hydrogen) atoms. The van der Waals surface area contributed by atoms with Gasteiger partial charge < -0.3 is 14.6 Å². The van der Waals surface area contributed by atoms with Crippen LogP contribution < -0.4 is 4.74 Å². The molecule has 0 spiro atoms. The Labute approximate surface area is 90.6 Å². The van der Waals surface area contributed by atoms with Crippen LogP contribution in [0.2, 0.25) is 0 Å². The van der Waals surface area contributed by atoms with Crippen molar-refractivity contribution in [1.82, 2.24) is 0 Å². The molecule has 1 rings (SSSR count). The van der Waals surface area contributed by atoms with Gasteiger partial charge in [-0.3, -0.25) is 0 Å². The average molecular weight is 210 g/mol. The number of methoxy groups -OCH3 is 2. The Balaban J connectivity index is 2.68. The van der Waals surface area contributed by atoms with Crippen LogP contribution in [-0.2, 0) is 4.74 Å². The van der Waals surface area contributed by atoms with E-state index in [2.05, 4.69) is 0 Å². The SMILES string of the molecule is COc1cccc(C(O)CC(C)OC)c1. The van der Waals surface area contributed by atoms with Crippen LogP contribution in [-0.4, -0.2) is 25.4 Å². The smallest absolute Gasteiger partial charge is 0.119 e. The maximum atomic E-state index is 9.91. The maximum Gasteiger partial charge on any atom is 0.119 e. The number of hydrogen-bond acceptors (Lipinski definition) is 3. The number of hydrogen-bond donors (Lipinski definition) is 1. The second-order valence-corrected chi connectivity index (χ2v) is 3.57. The molecule has 0 saturated heterocycles. The van der Waals surface area contributed by atoms with Gasteiger partial charge in [-0.25, -0.2) is 0 Å². The number of rotatable bonds is 5. The molecule has 0 aliphatic rings. The van der Waals surface area contributed by atoms with Gasteiger partial charge in [0, 0.05) is 13.5 Å². The van der Waals surface area contributed by atoms with Gasteiger partial charge in [0.05, 0.1) is 19.3 Å². The summed E-state index contributed by atoms with van der Waals surface area (Å²) in [6.45, 7) is 1.93. The minimum absolute atomic E-state index is 0.0474. The Hall–Kier alpha value is -1.06. The Kier molecular flexibility index (Phi) is 4.59. The summed E-state index contributed by atoms with van der Waals surface area (Å²) >= 11 is 0. The van der Waals surface area contributed by atoms with Crippen molar-refractivity contribution in [2.75, 3.05) is 14.2 Å². The Morgan fingerprint density at radius 1 is 1.33 bits per heavy atom. The predicted octanol–water partition coefficient (Wildman–Crippen LogP) is 2.15. The van der Waals surface area contributed by atoms with Gasteiger partial charge in [0.2, 0.25) is 0 Å². The molecule has 0 amide bonds. The number of aliphatic hydroxyl groups is 1. The van der Waals surface area contributed by atoms with Crippen LogP contribution in [0.4, 0.5) is 0 Å². The Morgan fingerprint density at radius 2 is 2.07 bits per heavy atom. The van der Waals surface area contributed by atoms with Gasteiger partial charge >= 0.3 is 0 Å². The molecule has 1 aromatic carbocycles. The van der Waals surface area contributed by atoms with Crippen molar-refractivity contribution in [2.24, 2.45) is 0 Å². The van der Waals surface area contributed by atoms with Crippen LogP contribution >= 0.6 is 0 Å². The zero-order valence-corrected chi connectivity index (χ0v) is 9.43. The van der Waals surface area contributed by atoms with E-state index in [1.807, 2.05) is 31.2 Å². The third-order valence-corrected chi connectivity index (χ3v) is 2.44. The van der Waals surface area contributed by atoms with Crippen molar-refractivity contribution >= 4 is 0 Å². The van der Waals surface area contributed by atoms with Crippen LogP contribution in [0.15, 0.2) is 24.3 Å². The molecule has 3 heteroatoms. The fourth-order valence-electron chi connectivity index (χ4n) is 1.40. The maximum absolute atomic E-state index is 9.91. The summed E-state index contributed by atoms with van der Waals surface area (Å²) in [4.78, 5) is 0. The molecule has 0 saturated carbocycles. The van der Waals surface area contributed by atoms with E-state index in [0.717, 1.165) is 11.3 Å². The zero-order chi connectivity index (χ0) is 11.3. The number of ether oxygens (including phenoxy) is 2. The highest BCUT2D eigenvalue weighted by atomic mass is 16.5. The van der Waals surface area contributed by atoms with Crippen LogP contribution in [0.25, 0.3) is 0 Å². The summed E-state index contributed by atoms with van der Waals surface area (Å²) in [5.74, 6) is 0.761. The molecule has 0 aliphatic carbocycles. The summed E-state index contributed by atoms with van der Waals surface area (Å²) in [6.07, 6.45) is 0.130. The van der Waals surface area contributed by atoms with Gasteiger partial charge in [0.1, 0.15) is 5.75 Å². The highest BCUT2D eigenvalue weighted by molar-refractivity contribution is 5.29. The second-order valence-electron chi connectivity index (χ2n) is 3.57. The molecule has 1 aromatic rings. The molecule has 0 aliphatic heterocycles. The van der Waals surface area contributed by atoms with Crippen LogP contribution in [0.5, 0.6) is 5.75 Å². The van der Waals surface area contributed by atoms with Crippen LogP contribution in [0.1, 0.15) is 25.0 Å². The topological polar surface area (TPSA) is 38.7 Å². The summed E-state index contributed by atoms with van der Waals surface area (Å²) < 4.78 is 10.2. The van der Waals surface area contributed by atoms with E-state index in [1.165, 1.54) is 0 Å². The van der Waals surface area contributed by atoms with Crippen molar-refractivity contribution in [2.45, 2.75) is 25.6 Å². The van der Waals surface area contributed by atoms with Crippen LogP contribution in [0.3, 0.4) is 0 Å². The molecule has 84 valence electrons. The molecule has 0 heterocycles. The standard InChI is InChI=1S/C12H18O3/c1-9(14-2)7-12(13)10-5-4-6-11(8-10)15-3/h4-6,8-9,12-13H,7H2,1-3H3. The molecule has 2 unspecified atom stereocenters. The lowest BCUT2D eigenvalue weighted by molar-refractivity contribution is 0.0559. The van der Waals surface area contributed by atoms with E-state index in [0.29, 0.717) is 6.42 Å². The van der Waals surface area contributed by atoms with Crippen molar-refractivity contribution in [3.8, 4) is 5.75 Å². The highest BCUT2D eigenvalue weighted by Gasteiger charge is 2.12. The second kappa shape index (κ2) is 5.73.